The number of hydrogen-bond donors (Lipinski definition) is 3. The molecule has 2 aromatic rings. The number of amides is 1. The number of aromatic nitrogens is 2. The molecular weight excluding hydrogens is 350 g/mol. The lowest BCUT2D eigenvalue weighted by atomic mass is 9.77. The van der Waals surface area contributed by atoms with Gasteiger partial charge in [-0.05, 0) is 56.0 Å². The van der Waals surface area contributed by atoms with Crippen LogP contribution in [0.25, 0.3) is 11.0 Å². The molecule has 1 aromatic carbocycles. The molecule has 1 spiro atoms. The molecule has 140 valence electrons. The van der Waals surface area contributed by atoms with E-state index in [1.54, 1.807) is 0 Å². The van der Waals surface area contributed by atoms with Crippen molar-refractivity contribution in [3.05, 3.63) is 29.0 Å². The van der Waals surface area contributed by atoms with Gasteiger partial charge in [-0.1, -0.05) is 11.6 Å². The van der Waals surface area contributed by atoms with Crippen LogP contribution >= 0.6 is 11.6 Å². The van der Waals surface area contributed by atoms with Crippen LogP contribution in [0.4, 0.5) is 0 Å². The highest BCUT2D eigenvalue weighted by Gasteiger charge is 2.42. The number of nitrogens with zero attached hydrogens (tertiary/aromatic N) is 2. The van der Waals surface area contributed by atoms with Gasteiger partial charge in [0.15, 0.2) is 0 Å². The number of hydrogen-bond acceptors (Lipinski definition) is 4. The minimum absolute atomic E-state index is 0.0485. The molecule has 0 saturated carbocycles. The van der Waals surface area contributed by atoms with Crippen molar-refractivity contribution in [3.8, 4) is 0 Å². The van der Waals surface area contributed by atoms with Gasteiger partial charge in [0.1, 0.15) is 5.82 Å². The lowest BCUT2D eigenvalue weighted by molar-refractivity contribution is -0.131. The summed E-state index contributed by atoms with van der Waals surface area (Å²) in [5, 5.41) is 7.57. The Hall–Kier alpha value is -1.63. The van der Waals surface area contributed by atoms with Crippen LogP contribution in [0, 0.1) is 5.41 Å². The van der Waals surface area contributed by atoms with Crippen LogP contribution in [0.3, 0.4) is 0 Å². The minimum Gasteiger partial charge on any atom is -0.344 e. The average molecular weight is 376 g/mol. The Labute approximate surface area is 158 Å². The third kappa shape index (κ3) is 3.59. The smallest absolute Gasteiger partial charge is 0.239 e. The van der Waals surface area contributed by atoms with Crippen LogP contribution < -0.4 is 10.6 Å². The minimum atomic E-state index is -0.0485. The van der Waals surface area contributed by atoms with Crippen LogP contribution in [-0.2, 0) is 11.2 Å². The lowest BCUT2D eigenvalue weighted by Crippen LogP contribution is -2.42. The fourth-order valence-corrected chi connectivity index (χ4v) is 4.40. The molecule has 2 saturated heterocycles. The number of benzene rings is 1. The fraction of sp³-hybridized carbons (Fsp3) is 0.579. The van der Waals surface area contributed by atoms with E-state index in [0.717, 1.165) is 55.8 Å². The van der Waals surface area contributed by atoms with Gasteiger partial charge in [0.2, 0.25) is 5.91 Å². The third-order valence-corrected chi connectivity index (χ3v) is 6.11. The molecule has 3 N–H and O–H groups in total. The summed E-state index contributed by atoms with van der Waals surface area (Å²) in [4.78, 5) is 22.5. The molecule has 2 aliphatic heterocycles. The van der Waals surface area contributed by atoms with Crippen molar-refractivity contribution in [1.29, 1.82) is 0 Å². The van der Waals surface area contributed by atoms with E-state index in [2.05, 4.69) is 20.6 Å². The van der Waals surface area contributed by atoms with Crippen molar-refractivity contribution in [2.24, 2.45) is 5.41 Å². The number of carbonyl (C=O) groups is 1. The number of imidazole rings is 1. The van der Waals surface area contributed by atoms with E-state index in [1.807, 2.05) is 30.1 Å². The number of likely N-dealkylation sites (N-methyl/N-ethyl adjacent to an activating group) is 1. The molecule has 4 rings (SSSR count). The Kier molecular flexibility index (Phi) is 4.90. The quantitative estimate of drug-likeness (QED) is 0.763. The number of piperidine rings is 1. The monoisotopic (exact) mass is 375 g/mol. The Bertz CT molecular complexity index is 798. The number of aromatic amines is 1. The number of halogens is 1. The van der Waals surface area contributed by atoms with Crippen molar-refractivity contribution in [2.45, 2.75) is 31.7 Å². The summed E-state index contributed by atoms with van der Waals surface area (Å²) in [6, 6.07) is 5.58. The molecule has 3 heterocycles. The molecule has 1 atom stereocenters. The molecular formula is C19H26ClN5O. The summed E-state index contributed by atoms with van der Waals surface area (Å²) in [6.45, 7) is 3.74. The second kappa shape index (κ2) is 7.18. The first kappa shape index (κ1) is 17.8. The average Bonchev–Trinajstić information content (AvgIpc) is 3.23. The van der Waals surface area contributed by atoms with E-state index in [-0.39, 0.29) is 11.9 Å². The molecule has 7 heteroatoms. The van der Waals surface area contributed by atoms with Gasteiger partial charge in [-0.3, -0.25) is 4.79 Å². The van der Waals surface area contributed by atoms with Crippen molar-refractivity contribution in [3.63, 3.8) is 0 Å². The molecule has 1 aromatic heterocycles. The second-order valence-corrected chi connectivity index (χ2v) is 8.18. The van der Waals surface area contributed by atoms with E-state index in [0.29, 0.717) is 23.4 Å². The second-order valence-electron chi connectivity index (χ2n) is 7.74. The zero-order chi connectivity index (χ0) is 18.1. The maximum atomic E-state index is 12.8. The van der Waals surface area contributed by atoms with E-state index in [1.165, 1.54) is 0 Å². The van der Waals surface area contributed by atoms with Gasteiger partial charge in [-0.15, -0.1) is 0 Å². The van der Waals surface area contributed by atoms with E-state index in [4.69, 9.17) is 11.6 Å². The van der Waals surface area contributed by atoms with Crippen molar-refractivity contribution in [2.75, 3.05) is 33.2 Å². The predicted molar refractivity (Wildman–Crippen MR) is 103 cm³/mol. The summed E-state index contributed by atoms with van der Waals surface area (Å²) >= 11 is 6.02. The Balaban J connectivity index is 1.34. The molecule has 2 fully saturated rings. The Morgan fingerprint density at radius 1 is 1.38 bits per heavy atom. The SMILES string of the molecule is CN(CCc1nc2ccc(Cl)cc2[nH]1)C(=O)[C@H]1CC2(CCNCC2)CN1. The zero-order valence-corrected chi connectivity index (χ0v) is 15.9. The van der Waals surface area contributed by atoms with Gasteiger partial charge in [0.25, 0.3) is 0 Å². The maximum Gasteiger partial charge on any atom is 0.239 e. The van der Waals surface area contributed by atoms with Gasteiger partial charge < -0.3 is 20.5 Å². The summed E-state index contributed by atoms with van der Waals surface area (Å²) in [5.41, 5.74) is 2.15. The lowest BCUT2D eigenvalue weighted by Gasteiger charge is -2.33. The Morgan fingerprint density at radius 3 is 3.00 bits per heavy atom. The summed E-state index contributed by atoms with van der Waals surface area (Å²) in [6.07, 6.45) is 3.99. The van der Waals surface area contributed by atoms with Crippen LogP contribution in [0.5, 0.6) is 0 Å². The summed E-state index contributed by atoms with van der Waals surface area (Å²) in [7, 11) is 1.89. The molecule has 0 radical (unpaired) electrons. The van der Waals surface area contributed by atoms with Crippen molar-refractivity contribution < 1.29 is 4.79 Å². The van der Waals surface area contributed by atoms with E-state index >= 15 is 0 Å². The summed E-state index contributed by atoms with van der Waals surface area (Å²) < 4.78 is 0. The highest BCUT2D eigenvalue weighted by Crippen LogP contribution is 2.37. The fourth-order valence-electron chi connectivity index (χ4n) is 4.23. The van der Waals surface area contributed by atoms with Crippen molar-refractivity contribution >= 4 is 28.5 Å². The number of fused-ring (bicyclic) bond motifs is 1. The normalized spacial score (nSPS) is 22.2. The first-order valence-electron chi connectivity index (χ1n) is 9.38. The van der Waals surface area contributed by atoms with E-state index in [9.17, 15) is 4.79 Å². The molecule has 0 unspecified atom stereocenters. The highest BCUT2D eigenvalue weighted by atomic mass is 35.5. The van der Waals surface area contributed by atoms with Crippen LogP contribution in [-0.4, -0.2) is 60.0 Å². The maximum absolute atomic E-state index is 12.8. The molecule has 6 nitrogen and oxygen atoms in total. The Morgan fingerprint density at radius 2 is 2.19 bits per heavy atom. The molecule has 0 bridgehead atoms. The molecule has 26 heavy (non-hydrogen) atoms. The van der Waals surface area contributed by atoms with Crippen molar-refractivity contribution in [1.82, 2.24) is 25.5 Å². The topological polar surface area (TPSA) is 73.0 Å². The molecule has 0 aliphatic carbocycles. The number of nitrogens with one attached hydrogen (secondary N) is 3. The molecule has 1 amide bonds. The first-order chi connectivity index (χ1) is 12.5. The van der Waals surface area contributed by atoms with Crippen LogP contribution in [0.1, 0.15) is 25.1 Å². The zero-order valence-electron chi connectivity index (χ0n) is 15.1. The van der Waals surface area contributed by atoms with Crippen LogP contribution in [0.2, 0.25) is 5.02 Å². The number of H-pyrrole nitrogens is 1. The largest absolute Gasteiger partial charge is 0.344 e. The number of carbonyl (C=O) groups excluding carboxylic acids is 1. The molecule has 2 aliphatic rings. The van der Waals surface area contributed by atoms with Gasteiger partial charge in [-0.25, -0.2) is 4.98 Å². The summed E-state index contributed by atoms with van der Waals surface area (Å²) in [5.74, 6) is 1.08. The van der Waals surface area contributed by atoms with Gasteiger partial charge >= 0.3 is 0 Å². The third-order valence-electron chi connectivity index (χ3n) is 5.88. The number of rotatable bonds is 4. The predicted octanol–water partition coefficient (Wildman–Crippen LogP) is 1.95. The standard InChI is InChI=1S/C19H26ClN5O/c1-25(9-4-17-23-14-3-2-13(20)10-15(14)24-17)18(26)16-11-19(12-22-16)5-7-21-8-6-19/h2-3,10,16,21-22H,4-9,11-12H2,1H3,(H,23,24)/t16-/m1/s1. The van der Waals surface area contributed by atoms with Gasteiger partial charge in [-0.2, -0.15) is 0 Å². The van der Waals surface area contributed by atoms with Gasteiger partial charge in [0, 0.05) is 31.6 Å². The highest BCUT2D eigenvalue weighted by molar-refractivity contribution is 6.31. The van der Waals surface area contributed by atoms with Crippen LogP contribution in [0.15, 0.2) is 18.2 Å². The van der Waals surface area contributed by atoms with Gasteiger partial charge in [0.05, 0.1) is 17.1 Å². The first-order valence-corrected chi connectivity index (χ1v) is 9.76. The van der Waals surface area contributed by atoms with E-state index < -0.39 is 0 Å².